The van der Waals surface area contributed by atoms with E-state index in [0.717, 1.165) is 12.8 Å². The molecule has 1 heterocycles. The number of hydrogen-bond acceptors (Lipinski definition) is 2. The van der Waals surface area contributed by atoms with Gasteiger partial charge in [0.1, 0.15) is 0 Å². The van der Waals surface area contributed by atoms with Crippen molar-refractivity contribution >= 4 is 11.8 Å². The highest BCUT2D eigenvalue weighted by molar-refractivity contribution is 6.21. The molecule has 1 aromatic rings. The van der Waals surface area contributed by atoms with Crippen molar-refractivity contribution in [1.82, 2.24) is 4.90 Å². The molecule has 0 N–H and O–H groups in total. The number of unbranched alkanes of at least 4 members (excludes halogenated alkanes) is 1. The molecule has 1 aromatic carbocycles. The molecule has 0 bridgehead atoms. The Hall–Kier alpha value is -1.64. The van der Waals surface area contributed by atoms with Gasteiger partial charge in [0, 0.05) is 6.54 Å². The third-order valence-corrected chi connectivity index (χ3v) is 2.61. The highest BCUT2D eigenvalue weighted by Gasteiger charge is 2.34. The average molecular weight is 233 g/mol. The molecule has 0 aliphatic carbocycles. The molecule has 0 saturated heterocycles. The highest BCUT2D eigenvalue weighted by Crippen LogP contribution is 2.22. The first-order chi connectivity index (χ1) is 8.25. The predicted molar refractivity (Wildman–Crippen MR) is 68.1 cm³/mol. The van der Waals surface area contributed by atoms with E-state index >= 15 is 0 Å². The van der Waals surface area contributed by atoms with Crippen molar-refractivity contribution in [2.24, 2.45) is 0 Å². The Kier molecular flexibility index (Phi) is 4.88. The number of benzene rings is 1. The van der Waals surface area contributed by atoms with E-state index in [1.807, 2.05) is 20.8 Å². The maximum absolute atomic E-state index is 11.8. The summed E-state index contributed by atoms with van der Waals surface area (Å²) in [6, 6.07) is 6.99. The molecule has 3 nitrogen and oxygen atoms in total. The number of rotatable bonds is 3. The maximum atomic E-state index is 11.8. The van der Waals surface area contributed by atoms with Gasteiger partial charge in [0.05, 0.1) is 11.1 Å². The minimum atomic E-state index is -0.149. The summed E-state index contributed by atoms with van der Waals surface area (Å²) in [5.41, 5.74) is 1.08. The summed E-state index contributed by atoms with van der Waals surface area (Å²) >= 11 is 0. The van der Waals surface area contributed by atoms with Crippen LogP contribution in [0.3, 0.4) is 0 Å². The van der Waals surface area contributed by atoms with E-state index in [2.05, 4.69) is 0 Å². The molecule has 0 atom stereocenters. The lowest BCUT2D eigenvalue weighted by molar-refractivity contribution is 0.0652. The van der Waals surface area contributed by atoms with Crippen molar-refractivity contribution in [1.29, 1.82) is 0 Å². The summed E-state index contributed by atoms with van der Waals surface area (Å²) in [7, 11) is 0. The third kappa shape index (κ3) is 2.54. The van der Waals surface area contributed by atoms with Crippen LogP contribution >= 0.6 is 0 Å². The van der Waals surface area contributed by atoms with Gasteiger partial charge < -0.3 is 0 Å². The minimum absolute atomic E-state index is 0.149. The first-order valence-corrected chi connectivity index (χ1v) is 6.21. The highest BCUT2D eigenvalue weighted by atomic mass is 16.2. The van der Waals surface area contributed by atoms with E-state index in [1.165, 1.54) is 4.90 Å². The standard InChI is InChI=1S/C12H13NO2.C2H6/c1-2-3-8-13-11(14)9-6-4-5-7-10(9)12(13)15;1-2/h4-7H,2-3,8H2,1H3;1-2H3. The fourth-order valence-electron chi connectivity index (χ4n) is 1.76. The van der Waals surface area contributed by atoms with Crippen LogP contribution in [0.5, 0.6) is 0 Å². The van der Waals surface area contributed by atoms with Crippen LogP contribution in [0.15, 0.2) is 24.3 Å². The molecular formula is C14H19NO2. The predicted octanol–water partition coefficient (Wildman–Crippen LogP) is 3.11. The van der Waals surface area contributed by atoms with E-state index in [0.29, 0.717) is 17.7 Å². The normalized spacial score (nSPS) is 13.2. The summed E-state index contributed by atoms with van der Waals surface area (Å²) in [5.74, 6) is -0.298. The van der Waals surface area contributed by atoms with Gasteiger partial charge in [-0.2, -0.15) is 0 Å². The third-order valence-electron chi connectivity index (χ3n) is 2.61. The van der Waals surface area contributed by atoms with Crippen molar-refractivity contribution in [2.75, 3.05) is 6.54 Å². The molecule has 0 spiro atoms. The monoisotopic (exact) mass is 233 g/mol. The summed E-state index contributed by atoms with van der Waals surface area (Å²) < 4.78 is 0. The molecule has 92 valence electrons. The molecule has 0 unspecified atom stereocenters. The summed E-state index contributed by atoms with van der Waals surface area (Å²) in [5, 5.41) is 0. The van der Waals surface area contributed by atoms with E-state index in [4.69, 9.17) is 0 Å². The van der Waals surface area contributed by atoms with Crippen molar-refractivity contribution in [3.63, 3.8) is 0 Å². The first-order valence-electron chi connectivity index (χ1n) is 6.21. The molecule has 0 radical (unpaired) electrons. The van der Waals surface area contributed by atoms with Crippen molar-refractivity contribution in [3.05, 3.63) is 35.4 Å². The number of carbonyl (C=O) groups excluding carboxylic acids is 2. The number of amides is 2. The van der Waals surface area contributed by atoms with E-state index in [9.17, 15) is 9.59 Å². The number of nitrogens with zero attached hydrogens (tertiary/aromatic N) is 1. The lowest BCUT2D eigenvalue weighted by atomic mass is 10.1. The van der Waals surface area contributed by atoms with Gasteiger partial charge in [-0.05, 0) is 18.6 Å². The van der Waals surface area contributed by atoms with Crippen LogP contribution in [0.25, 0.3) is 0 Å². The molecule has 1 aliphatic rings. The van der Waals surface area contributed by atoms with Gasteiger partial charge in [-0.1, -0.05) is 39.3 Å². The van der Waals surface area contributed by atoms with Gasteiger partial charge in [-0.15, -0.1) is 0 Å². The largest absolute Gasteiger partial charge is 0.274 e. The molecule has 0 fully saturated rings. The number of carbonyl (C=O) groups is 2. The summed E-state index contributed by atoms with van der Waals surface area (Å²) in [6.07, 6.45) is 1.85. The zero-order valence-corrected chi connectivity index (χ0v) is 10.7. The zero-order chi connectivity index (χ0) is 12.8. The smallest absolute Gasteiger partial charge is 0.261 e. The van der Waals surface area contributed by atoms with Crippen molar-refractivity contribution in [3.8, 4) is 0 Å². The summed E-state index contributed by atoms with van der Waals surface area (Å²) in [4.78, 5) is 25.0. The van der Waals surface area contributed by atoms with Crippen LogP contribution in [0.2, 0.25) is 0 Å². The Morgan fingerprint density at radius 1 is 1.00 bits per heavy atom. The van der Waals surface area contributed by atoms with E-state index < -0.39 is 0 Å². The second kappa shape index (κ2) is 6.18. The molecule has 0 aromatic heterocycles. The fraction of sp³-hybridized carbons (Fsp3) is 0.429. The zero-order valence-electron chi connectivity index (χ0n) is 10.7. The molecule has 2 rings (SSSR count). The Bertz CT molecular complexity index is 377. The maximum Gasteiger partial charge on any atom is 0.261 e. The molecule has 17 heavy (non-hydrogen) atoms. The lowest BCUT2D eigenvalue weighted by Crippen LogP contribution is -2.30. The van der Waals surface area contributed by atoms with Gasteiger partial charge in [0.15, 0.2) is 0 Å². The van der Waals surface area contributed by atoms with Crippen LogP contribution in [-0.2, 0) is 0 Å². The van der Waals surface area contributed by atoms with Crippen LogP contribution in [0, 0.1) is 0 Å². The fourth-order valence-corrected chi connectivity index (χ4v) is 1.76. The quantitative estimate of drug-likeness (QED) is 0.752. The second-order valence-corrected chi connectivity index (χ2v) is 3.66. The van der Waals surface area contributed by atoms with Crippen molar-refractivity contribution in [2.45, 2.75) is 33.6 Å². The topological polar surface area (TPSA) is 37.4 Å². The Morgan fingerprint density at radius 3 is 1.88 bits per heavy atom. The second-order valence-electron chi connectivity index (χ2n) is 3.66. The van der Waals surface area contributed by atoms with Crippen LogP contribution in [-0.4, -0.2) is 23.3 Å². The van der Waals surface area contributed by atoms with Crippen molar-refractivity contribution < 1.29 is 9.59 Å². The lowest BCUT2D eigenvalue weighted by Gasteiger charge is -2.12. The number of fused-ring (bicyclic) bond motifs is 1. The Labute approximate surface area is 102 Å². The van der Waals surface area contributed by atoms with E-state index in [-0.39, 0.29) is 11.8 Å². The first kappa shape index (κ1) is 13.4. The Morgan fingerprint density at radius 2 is 1.47 bits per heavy atom. The summed E-state index contributed by atoms with van der Waals surface area (Å²) in [6.45, 7) is 6.57. The molecule has 0 saturated carbocycles. The van der Waals surface area contributed by atoms with Crippen LogP contribution in [0.4, 0.5) is 0 Å². The Balaban J connectivity index is 0.000000686. The minimum Gasteiger partial charge on any atom is -0.274 e. The van der Waals surface area contributed by atoms with Gasteiger partial charge in [0.2, 0.25) is 0 Å². The van der Waals surface area contributed by atoms with E-state index in [1.54, 1.807) is 24.3 Å². The van der Waals surface area contributed by atoms with Gasteiger partial charge in [-0.25, -0.2) is 0 Å². The van der Waals surface area contributed by atoms with Gasteiger partial charge in [0.25, 0.3) is 11.8 Å². The average Bonchev–Trinajstić information content (AvgIpc) is 2.63. The van der Waals surface area contributed by atoms with Crippen LogP contribution in [0.1, 0.15) is 54.3 Å². The molecular weight excluding hydrogens is 214 g/mol. The molecule has 3 heteroatoms. The SMILES string of the molecule is CC.CCCCN1C(=O)c2ccccc2C1=O. The number of hydrogen-bond donors (Lipinski definition) is 0. The van der Waals surface area contributed by atoms with Gasteiger partial charge >= 0.3 is 0 Å². The van der Waals surface area contributed by atoms with Crippen LogP contribution < -0.4 is 0 Å². The molecule has 2 amide bonds. The molecule has 1 aliphatic heterocycles. The van der Waals surface area contributed by atoms with Gasteiger partial charge in [-0.3, -0.25) is 14.5 Å². The number of imide groups is 1.